The van der Waals surface area contributed by atoms with Crippen molar-refractivity contribution in [2.24, 2.45) is 10.7 Å². The lowest BCUT2D eigenvalue weighted by Crippen LogP contribution is -2.50. The van der Waals surface area contributed by atoms with Crippen molar-refractivity contribution >= 4 is 36.0 Å². The van der Waals surface area contributed by atoms with Crippen LogP contribution in [0.15, 0.2) is 4.99 Å². The quantitative estimate of drug-likeness (QED) is 0.315. The average molecular weight is 466 g/mol. The molecule has 0 unspecified atom stereocenters. The molecule has 2 amide bonds. The number of hydrogen-bond acceptors (Lipinski definition) is 3. The van der Waals surface area contributed by atoms with E-state index in [1.54, 1.807) is 4.90 Å². The smallest absolute Gasteiger partial charge is 0.314 e. The summed E-state index contributed by atoms with van der Waals surface area (Å²) in [7, 11) is 2.21. The topological polar surface area (TPSA) is 86.0 Å². The highest BCUT2D eigenvalue weighted by Crippen LogP contribution is 2.21. The predicted molar refractivity (Wildman–Crippen MR) is 114 cm³/mol. The van der Waals surface area contributed by atoms with Crippen LogP contribution >= 0.6 is 24.0 Å². The van der Waals surface area contributed by atoms with Crippen molar-refractivity contribution in [1.82, 2.24) is 20.4 Å². The van der Waals surface area contributed by atoms with Crippen LogP contribution in [0.25, 0.3) is 0 Å². The summed E-state index contributed by atoms with van der Waals surface area (Å²) in [4.78, 5) is 20.1. The number of piperidine rings is 1. The van der Waals surface area contributed by atoms with Gasteiger partial charge in [-0.25, -0.2) is 4.79 Å². The molecular formula is C17H35IN6O. The first kappa shape index (κ1) is 22.3. The van der Waals surface area contributed by atoms with E-state index in [1.807, 2.05) is 0 Å². The summed E-state index contributed by atoms with van der Waals surface area (Å²) in [5.74, 6) is 0.884. The molecule has 0 aromatic carbocycles. The Morgan fingerprint density at radius 1 is 1.24 bits per heavy atom. The molecule has 25 heavy (non-hydrogen) atoms. The van der Waals surface area contributed by atoms with Crippen LogP contribution in [0.4, 0.5) is 4.79 Å². The Hall–Kier alpha value is -0.770. The lowest BCUT2D eigenvalue weighted by Gasteiger charge is -2.32. The van der Waals surface area contributed by atoms with Crippen LogP contribution in [0.3, 0.4) is 0 Å². The Labute approximate surface area is 169 Å². The minimum Gasteiger partial charge on any atom is -0.357 e. The molecular weight excluding hydrogens is 431 g/mol. The summed E-state index contributed by atoms with van der Waals surface area (Å²) < 4.78 is 0. The Balaban J connectivity index is 0.00000312. The van der Waals surface area contributed by atoms with Gasteiger partial charge < -0.3 is 26.2 Å². The second-order valence-corrected chi connectivity index (χ2v) is 6.92. The highest BCUT2D eigenvalue weighted by molar-refractivity contribution is 14.0. The zero-order valence-corrected chi connectivity index (χ0v) is 18.0. The van der Waals surface area contributed by atoms with E-state index in [2.05, 4.69) is 29.5 Å². The van der Waals surface area contributed by atoms with Gasteiger partial charge >= 0.3 is 6.03 Å². The van der Waals surface area contributed by atoms with E-state index in [4.69, 9.17) is 10.7 Å². The number of amides is 2. The monoisotopic (exact) mass is 466 g/mol. The number of nitrogens with two attached hydrogens (primary N) is 1. The lowest BCUT2D eigenvalue weighted by molar-refractivity contribution is 0.188. The van der Waals surface area contributed by atoms with Gasteiger partial charge in [0, 0.05) is 38.3 Å². The third-order valence-corrected chi connectivity index (χ3v) is 5.16. The molecule has 0 aromatic heterocycles. The fraction of sp³-hybridized carbons (Fsp3) is 0.882. The van der Waals surface area contributed by atoms with E-state index in [1.165, 1.54) is 25.7 Å². The highest BCUT2D eigenvalue weighted by atomic mass is 127. The van der Waals surface area contributed by atoms with Crippen LogP contribution < -0.4 is 16.4 Å². The van der Waals surface area contributed by atoms with Gasteiger partial charge in [0.05, 0.1) is 6.54 Å². The van der Waals surface area contributed by atoms with Gasteiger partial charge in [0.2, 0.25) is 0 Å². The molecule has 2 fully saturated rings. The van der Waals surface area contributed by atoms with Crippen molar-refractivity contribution < 1.29 is 4.79 Å². The summed E-state index contributed by atoms with van der Waals surface area (Å²) in [6, 6.07) is 0.781. The van der Waals surface area contributed by atoms with Crippen molar-refractivity contribution in [2.75, 3.05) is 39.8 Å². The van der Waals surface area contributed by atoms with Crippen molar-refractivity contribution in [3.8, 4) is 0 Å². The van der Waals surface area contributed by atoms with E-state index in [9.17, 15) is 4.79 Å². The highest BCUT2D eigenvalue weighted by Gasteiger charge is 2.22. The normalized spacial score (nSPS) is 19.8. The molecule has 1 saturated heterocycles. The molecule has 4 N–H and O–H groups in total. The fourth-order valence-corrected chi connectivity index (χ4v) is 3.60. The summed E-state index contributed by atoms with van der Waals surface area (Å²) in [6.07, 6.45) is 7.22. The van der Waals surface area contributed by atoms with E-state index in [0.29, 0.717) is 6.04 Å². The third kappa shape index (κ3) is 7.55. The molecule has 1 saturated carbocycles. The fourth-order valence-electron chi connectivity index (χ4n) is 3.60. The van der Waals surface area contributed by atoms with E-state index < -0.39 is 0 Å². The molecule has 0 atom stereocenters. The Kier molecular flexibility index (Phi) is 10.5. The molecule has 8 heteroatoms. The van der Waals surface area contributed by atoms with Crippen LogP contribution in [-0.2, 0) is 0 Å². The van der Waals surface area contributed by atoms with Crippen LogP contribution in [0.5, 0.6) is 0 Å². The number of rotatable bonds is 6. The van der Waals surface area contributed by atoms with Crippen molar-refractivity contribution in [1.29, 1.82) is 0 Å². The molecule has 2 rings (SSSR count). The van der Waals surface area contributed by atoms with Gasteiger partial charge in [0.25, 0.3) is 0 Å². The third-order valence-electron chi connectivity index (χ3n) is 5.16. The lowest BCUT2D eigenvalue weighted by atomic mass is 10.1. The minimum absolute atomic E-state index is 0. The molecule has 1 aliphatic carbocycles. The van der Waals surface area contributed by atoms with Crippen LogP contribution in [0, 0.1) is 0 Å². The zero-order valence-electron chi connectivity index (χ0n) is 15.7. The maximum atomic E-state index is 11.2. The number of nitrogens with one attached hydrogen (secondary N) is 2. The molecule has 7 nitrogen and oxygen atoms in total. The summed E-state index contributed by atoms with van der Waals surface area (Å²) >= 11 is 0. The maximum absolute atomic E-state index is 11.2. The van der Waals surface area contributed by atoms with Crippen molar-refractivity contribution in [2.45, 2.75) is 57.5 Å². The van der Waals surface area contributed by atoms with Gasteiger partial charge in [-0.1, -0.05) is 12.8 Å². The predicted octanol–water partition coefficient (Wildman–Crippen LogP) is 1.58. The second-order valence-electron chi connectivity index (χ2n) is 6.92. The van der Waals surface area contributed by atoms with Gasteiger partial charge in [-0.3, -0.25) is 4.99 Å². The maximum Gasteiger partial charge on any atom is 0.314 e. The van der Waals surface area contributed by atoms with Gasteiger partial charge in [0.1, 0.15) is 0 Å². The second kappa shape index (κ2) is 11.8. The number of primary amides is 1. The molecule has 146 valence electrons. The number of carbonyl (C=O) groups is 1. The first-order chi connectivity index (χ1) is 11.6. The molecule has 2 aliphatic rings. The number of urea groups is 1. The molecule has 0 radical (unpaired) electrons. The zero-order chi connectivity index (χ0) is 17.4. The minimum atomic E-state index is -0.316. The largest absolute Gasteiger partial charge is 0.357 e. The molecule has 0 bridgehead atoms. The van der Waals surface area contributed by atoms with E-state index in [0.717, 1.165) is 57.6 Å². The van der Waals surface area contributed by atoms with Crippen molar-refractivity contribution in [3.05, 3.63) is 0 Å². The summed E-state index contributed by atoms with van der Waals surface area (Å²) in [5, 5.41) is 6.82. The number of guanidine groups is 1. The average Bonchev–Trinajstić information content (AvgIpc) is 3.10. The van der Waals surface area contributed by atoms with Gasteiger partial charge in [0.15, 0.2) is 5.96 Å². The molecule has 0 aromatic rings. The number of likely N-dealkylation sites (N-methyl/N-ethyl adjacent to an activating group) is 1. The number of nitrogens with zero attached hydrogens (tertiary/aromatic N) is 3. The standard InChI is InChI=1S/C17H34N6O.HI/c1-3-19-17(20-10-13-22(2)15-6-4-5-7-15)21-14-8-11-23(12-9-14)16(18)24;/h14-15H,3-13H2,1-2H3,(H2,18,24)(H2,19,20,21);1H. The number of carbonyl (C=O) groups excluding carboxylic acids is 1. The van der Waals surface area contributed by atoms with Gasteiger partial charge in [-0.15, -0.1) is 24.0 Å². The first-order valence-electron chi connectivity index (χ1n) is 9.39. The number of aliphatic imine (C=N–C) groups is 1. The Bertz CT molecular complexity index is 419. The molecule has 0 spiro atoms. The summed E-state index contributed by atoms with van der Waals surface area (Å²) in [5.41, 5.74) is 5.33. The van der Waals surface area contributed by atoms with Gasteiger partial charge in [-0.2, -0.15) is 0 Å². The Morgan fingerprint density at radius 3 is 2.44 bits per heavy atom. The Morgan fingerprint density at radius 2 is 1.88 bits per heavy atom. The van der Waals surface area contributed by atoms with E-state index in [-0.39, 0.29) is 30.0 Å². The molecule has 1 aliphatic heterocycles. The summed E-state index contributed by atoms with van der Waals surface area (Å²) in [6.45, 7) is 6.18. The number of hydrogen-bond donors (Lipinski definition) is 3. The van der Waals surface area contributed by atoms with Crippen molar-refractivity contribution in [3.63, 3.8) is 0 Å². The van der Waals surface area contributed by atoms with Crippen LogP contribution in [0.2, 0.25) is 0 Å². The van der Waals surface area contributed by atoms with Crippen LogP contribution in [-0.4, -0.2) is 73.6 Å². The number of likely N-dealkylation sites (tertiary alicyclic amines) is 1. The molecule has 1 heterocycles. The van der Waals surface area contributed by atoms with Crippen LogP contribution in [0.1, 0.15) is 45.4 Å². The van der Waals surface area contributed by atoms with Gasteiger partial charge in [-0.05, 0) is 39.7 Å². The first-order valence-corrected chi connectivity index (χ1v) is 9.39. The number of halogens is 1. The van der Waals surface area contributed by atoms with E-state index >= 15 is 0 Å². The SMILES string of the molecule is CCNC(=NCCN(C)C1CCCC1)NC1CCN(C(N)=O)CC1.I.